The fraction of sp³-hybridized carbons (Fsp3) is 0.111. The third-order valence-corrected chi connectivity index (χ3v) is 4.03. The molecule has 3 rings (SSSR count). The fourth-order valence-electron chi connectivity index (χ4n) is 2.38. The van der Waals surface area contributed by atoms with E-state index in [9.17, 15) is 0 Å². The summed E-state index contributed by atoms with van der Waals surface area (Å²) < 4.78 is 5.98. The second-order valence-corrected chi connectivity index (χ2v) is 5.42. The Morgan fingerprint density at radius 3 is 2.52 bits per heavy atom. The monoisotopic (exact) mass is 297 g/mol. The van der Waals surface area contributed by atoms with Crippen LogP contribution in [0, 0.1) is 6.92 Å². The van der Waals surface area contributed by atoms with Crippen molar-refractivity contribution in [2.45, 2.75) is 13.5 Å². The van der Waals surface area contributed by atoms with Gasteiger partial charge in [-0.25, -0.2) is 0 Å². The Bertz CT molecular complexity index is 798. The van der Waals surface area contributed by atoms with Gasteiger partial charge in [0.15, 0.2) is 0 Å². The SMILES string of the molecule is Cc1c(N)cccc1COc1ccc(Cl)c2ccccc12. The van der Waals surface area contributed by atoms with E-state index in [0.717, 1.165) is 38.4 Å². The molecule has 3 heteroatoms. The van der Waals surface area contributed by atoms with Crippen molar-refractivity contribution < 1.29 is 4.74 Å². The smallest absolute Gasteiger partial charge is 0.127 e. The van der Waals surface area contributed by atoms with Crippen molar-refractivity contribution in [1.82, 2.24) is 0 Å². The van der Waals surface area contributed by atoms with Crippen molar-refractivity contribution in [2.24, 2.45) is 0 Å². The van der Waals surface area contributed by atoms with Crippen LogP contribution in [0.4, 0.5) is 5.69 Å². The molecule has 0 heterocycles. The van der Waals surface area contributed by atoms with Gasteiger partial charge in [0.05, 0.1) is 0 Å². The number of hydrogen-bond acceptors (Lipinski definition) is 2. The van der Waals surface area contributed by atoms with E-state index >= 15 is 0 Å². The summed E-state index contributed by atoms with van der Waals surface area (Å²) in [5, 5.41) is 2.76. The summed E-state index contributed by atoms with van der Waals surface area (Å²) in [6.45, 7) is 2.50. The molecule has 0 unspecified atom stereocenters. The van der Waals surface area contributed by atoms with Gasteiger partial charge in [0, 0.05) is 21.5 Å². The molecule has 0 saturated heterocycles. The molecule has 2 nitrogen and oxygen atoms in total. The molecule has 106 valence electrons. The Kier molecular flexibility index (Phi) is 3.72. The topological polar surface area (TPSA) is 35.2 Å². The molecule has 0 spiro atoms. The molecule has 21 heavy (non-hydrogen) atoms. The molecule has 0 aromatic heterocycles. The average Bonchev–Trinajstić information content (AvgIpc) is 2.51. The van der Waals surface area contributed by atoms with Crippen molar-refractivity contribution in [3.8, 4) is 5.75 Å². The molecular formula is C18H16ClNO. The number of nitrogen functional groups attached to an aromatic ring is 1. The van der Waals surface area contributed by atoms with Gasteiger partial charge in [-0.3, -0.25) is 0 Å². The zero-order valence-corrected chi connectivity index (χ0v) is 12.5. The first-order chi connectivity index (χ1) is 10.2. The van der Waals surface area contributed by atoms with Crippen LogP contribution in [0.15, 0.2) is 54.6 Å². The summed E-state index contributed by atoms with van der Waals surface area (Å²) in [7, 11) is 0. The molecule has 0 radical (unpaired) electrons. The van der Waals surface area contributed by atoms with Gasteiger partial charge >= 0.3 is 0 Å². The predicted molar refractivity (Wildman–Crippen MR) is 88.9 cm³/mol. The molecule has 0 fully saturated rings. The number of benzene rings is 3. The lowest BCUT2D eigenvalue weighted by atomic mass is 10.1. The van der Waals surface area contributed by atoms with Gasteiger partial charge in [-0.2, -0.15) is 0 Å². The van der Waals surface area contributed by atoms with E-state index < -0.39 is 0 Å². The van der Waals surface area contributed by atoms with Crippen molar-refractivity contribution in [1.29, 1.82) is 0 Å². The van der Waals surface area contributed by atoms with Crippen molar-refractivity contribution in [2.75, 3.05) is 5.73 Å². The lowest BCUT2D eigenvalue weighted by Gasteiger charge is -2.12. The summed E-state index contributed by atoms with van der Waals surface area (Å²) in [5.41, 5.74) is 8.87. The van der Waals surface area contributed by atoms with E-state index in [2.05, 4.69) is 0 Å². The normalized spacial score (nSPS) is 10.8. The Morgan fingerprint density at radius 2 is 1.71 bits per heavy atom. The van der Waals surface area contributed by atoms with Gasteiger partial charge < -0.3 is 10.5 Å². The maximum absolute atomic E-state index is 6.22. The Hall–Kier alpha value is -2.19. The second kappa shape index (κ2) is 5.66. The number of fused-ring (bicyclic) bond motifs is 1. The zero-order chi connectivity index (χ0) is 14.8. The number of ether oxygens (including phenoxy) is 1. The Morgan fingerprint density at radius 1 is 0.952 bits per heavy atom. The van der Waals surface area contributed by atoms with Crippen LogP contribution < -0.4 is 10.5 Å². The first-order valence-corrected chi connectivity index (χ1v) is 7.18. The number of rotatable bonds is 3. The maximum Gasteiger partial charge on any atom is 0.127 e. The molecule has 0 amide bonds. The van der Waals surface area contributed by atoms with E-state index in [4.69, 9.17) is 22.1 Å². The van der Waals surface area contributed by atoms with Crippen LogP contribution in [0.3, 0.4) is 0 Å². The third kappa shape index (κ3) is 2.67. The van der Waals surface area contributed by atoms with Crippen LogP contribution in [0.5, 0.6) is 5.75 Å². The van der Waals surface area contributed by atoms with Crippen LogP contribution in [0.25, 0.3) is 10.8 Å². The lowest BCUT2D eigenvalue weighted by molar-refractivity contribution is 0.309. The van der Waals surface area contributed by atoms with Gasteiger partial charge in [-0.05, 0) is 36.2 Å². The standard InChI is InChI=1S/C18H16ClNO/c1-12-13(5-4-8-17(12)20)11-21-18-10-9-16(19)14-6-2-3-7-15(14)18/h2-10H,11,20H2,1H3. The number of halogens is 1. The van der Waals surface area contributed by atoms with Gasteiger partial charge in [-0.1, -0.05) is 48.0 Å². The predicted octanol–water partition coefficient (Wildman–Crippen LogP) is 4.96. The average molecular weight is 298 g/mol. The van der Waals surface area contributed by atoms with E-state index in [-0.39, 0.29) is 0 Å². The molecule has 0 aliphatic rings. The van der Waals surface area contributed by atoms with Crippen molar-refractivity contribution >= 4 is 28.1 Å². The minimum absolute atomic E-state index is 0.489. The molecule has 3 aromatic carbocycles. The molecule has 2 N–H and O–H groups in total. The number of nitrogens with two attached hydrogens (primary N) is 1. The highest BCUT2D eigenvalue weighted by Crippen LogP contribution is 2.32. The highest BCUT2D eigenvalue weighted by atomic mass is 35.5. The lowest BCUT2D eigenvalue weighted by Crippen LogP contribution is -2.01. The molecule has 0 atom stereocenters. The van der Waals surface area contributed by atoms with Crippen LogP contribution >= 0.6 is 11.6 Å². The quantitative estimate of drug-likeness (QED) is 0.693. The Labute approximate surface area is 129 Å². The van der Waals surface area contributed by atoms with Crippen LogP contribution in [0.1, 0.15) is 11.1 Å². The van der Waals surface area contributed by atoms with E-state index in [1.165, 1.54) is 0 Å². The van der Waals surface area contributed by atoms with Crippen molar-refractivity contribution in [3.63, 3.8) is 0 Å². The molecule has 3 aromatic rings. The largest absolute Gasteiger partial charge is 0.488 e. The summed E-state index contributed by atoms with van der Waals surface area (Å²) in [6, 6.07) is 17.6. The summed E-state index contributed by atoms with van der Waals surface area (Å²) in [6.07, 6.45) is 0. The van der Waals surface area contributed by atoms with Crippen LogP contribution in [0.2, 0.25) is 5.02 Å². The molecule has 0 aliphatic carbocycles. The maximum atomic E-state index is 6.22. The summed E-state index contributed by atoms with van der Waals surface area (Å²) >= 11 is 6.22. The first-order valence-electron chi connectivity index (χ1n) is 6.81. The number of hydrogen-bond donors (Lipinski definition) is 1. The first kappa shape index (κ1) is 13.8. The van der Waals surface area contributed by atoms with Gasteiger partial charge in [0.25, 0.3) is 0 Å². The minimum Gasteiger partial charge on any atom is -0.488 e. The molecule has 0 saturated carbocycles. The minimum atomic E-state index is 0.489. The highest BCUT2D eigenvalue weighted by molar-refractivity contribution is 6.35. The fourth-order valence-corrected chi connectivity index (χ4v) is 2.60. The molecular weight excluding hydrogens is 282 g/mol. The van der Waals surface area contributed by atoms with E-state index in [1.54, 1.807) is 0 Å². The second-order valence-electron chi connectivity index (χ2n) is 5.01. The van der Waals surface area contributed by atoms with E-state index in [0.29, 0.717) is 6.61 Å². The van der Waals surface area contributed by atoms with E-state index in [1.807, 2.05) is 61.5 Å². The third-order valence-electron chi connectivity index (χ3n) is 3.70. The van der Waals surface area contributed by atoms with Crippen molar-refractivity contribution in [3.05, 3.63) is 70.7 Å². The van der Waals surface area contributed by atoms with Gasteiger partial charge in [0.2, 0.25) is 0 Å². The Balaban J connectivity index is 1.92. The van der Waals surface area contributed by atoms with Gasteiger partial charge in [0.1, 0.15) is 12.4 Å². The van der Waals surface area contributed by atoms with Gasteiger partial charge in [-0.15, -0.1) is 0 Å². The highest BCUT2D eigenvalue weighted by Gasteiger charge is 2.07. The van der Waals surface area contributed by atoms with Crippen LogP contribution in [-0.2, 0) is 6.61 Å². The molecule has 0 bridgehead atoms. The summed E-state index contributed by atoms with van der Waals surface area (Å²) in [5.74, 6) is 0.830. The number of anilines is 1. The zero-order valence-electron chi connectivity index (χ0n) is 11.8. The summed E-state index contributed by atoms with van der Waals surface area (Å²) in [4.78, 5) is 0. The molecule has 0 aliphatic heterocycles. The van der Waals surface area contributed by atoms with Crippen LogP contribution in [-0.4, -0.2) is 0 Å².